The monoisotopic (exact) mass is 252 g/mol. The van der Waals surface area contributed by atoms with E-state index in [1.807, 2.05) is 18.0 Å². The van der Waals surface area contributed by atoms with Crippen LogP contribution in [0.1, 0.15) is 21.1 Å². The van der Waals surface area contributed by atoms with Crippen molar-refractivity contribution in [2.24, 2.45) is 0 Å². The van der Waals surface area contributed by atoms with Gasteiger partial charge in [-0.25, -0.2) is 9.78 Å². The molecule has 2 aromatic heterocycles. The number of nitrogens with zero attached hydrogens (tertiary/aromatic N) is 2. The number of hydrogen-bond acceptors (Lipinski definition) is 5. The zero-order chi connectivity index (χ0) is 12.3. The van der Waals surface area contributed by atoms with Crippen molar-refractivity contribution in [3.05, 3.63) is 40.2 Å². The van der Waals surface area contributed by atoms with Gasteiger partial charge in [0.15, 0.2) is 0 Å². The van der Waals surface area contributed by atoms with Gasteiger partial charge in [0, 0.05) is 24.0 Å². The minimum Gasteiger partial charge on any atom is -0.476 e. The molecule has 0 saturated carbocycles. The highest BCUT2D eigenvalue weighted by Gasteiger charge is 2.10. The number of rotatable bonds is 5. The Morgan fingerprint density at radius 3 is 3.00 bits per heavy atom. The summed E-state index contributed by atoms with van der Waals surface area (Å²) >= 11 is 1.15. The molecule has 0 fully saturated rings. The van der Waals surface area contributed by atoms with Gasteiger partial charge in [-0.05, 0) is 13.1 Å². The van der Waals surface area contributed by atoms with Crippen molar-refractivity contribution < 1.29 is 14.3 Å². The molecule has 0 bridgehead atoms. The van der Waals surface area contributed by atoms with Crippen LogP contribution in [0.2, 0.25) is 0 Å². The molecule has 2 rings (SSSR count). The van der Waals surface area contributed by atoms with Gasteiger partial charge in [-0.15, -0.1) is 11.3 Å². The Balaban J connectivity index is 1.93. The number of aromatic nitrogens is 1. The van der Waals surface area contributed by atoms with E-state index in [-0.39, 0.29) is 5.01 Å². The standard InChI is InChI=1S/C11H12N2O3S/c1-13(4-8-2-3-16-6-8)5-9-7-17-10(12-9)11(14)15/h2-3,6-7H,4-5H2,1H3,(H,14,15). The molecule has 17 heavy (non-hydrogen) atoms. The molecule has 0 aliphatic heterocycles. The lowest BCUT2D eigenvalue weighted by Gasteiger charge is -2.13. The molecule has 1 N–H and O–H groups in total. The maximum atomic E-state index is 10.7. The molecule has 0 spiro atoms. The lowest BCUT2D eigenvalue weighted by Crippen LogP contribution is -2.17. The molecule has 6 heteroatoms. The third-order valence-electron chi connectivity index (χ3n) is 2.20. The van der Waals surface area contributed by atoms with E-state index in [4.69, 9.17) is 9.52 Å². The first-order valence-electron chi connectivity index (χ1n) is 5.02. The van der Waals surface area contributed by atoms with Gasteiger partial charge in [0.25, 0.3) is 0 Å². The Bertz CT molecular complexity index is 493. The highest BCUT2D eigenvalue weighted by Crippen LogP contribution is 2.12. The topological polar surface area (TPSA) is 66.6 Å². The number of carbonyl (C=O) groups is 1. The molecule has 0 atom stereocenters. The average Bonchev–Trinajstić information content (AvgIpc) is 2.88. The molecule has 0 aromatic carbocycles. The van der Waals surface area contributed by atoms with E-state index >= 15 is 0 Å². The van der Waals surface area contributed by atoms with E-state index in [1.54, 1.807) is 17.9 Å². The first-order chi connectivity index (χ1) is 8.15. The number of hydrogen-bond donors (Lipinski definition) is 1. The fourth-order valence-corrected chi connectivity index (χ4v) is 2.15. The molecule has 0 aliphatic rings. The highest BCUT2D eigenvalue weighted by molar-refractivity contribution is 7.11. The van der Waals surface area contributed by atoms with E-state index in [1.165, 1.54) is 0 Å². The SMILES string of the molecule is CN(Cc1ccoc1)Cc1csc(C(=O)O)n1. The van der Waals surface area contributed by atoms with Gasteiger partial charge < -0.3 is 9.52 Å². The largest absolute Gasteiger partial charge is 0.476 e. The lowest BCUT2D eigenvalue weighted by molar-refractivity contribution is 0.0696. The fourth-order valence-electron chi connectivity index (χ4n) is 1.50. The Kier molecular flexibility index (Phi) is 3.55. The van der Waals surface area contributed by atoms with E-state index in [9.17, 15) is 4.79 Å². The first-order valence-corrected chi connectivity index (χ1v) is 5.90. The van der Waals surface area contributed by atoms with Crippen molar-refractivity contribution in [2.45, 2.75) is 13.1 Å². The Labute approximate surface area is 102 Å². The molecule has 90 valence electrons. The number of carboxylic acids is 1. The third-order valence-corrected chi connectivity index (χ3v) is 3.08. The molecular formula is C11H12N2O3S. The predicted molar refractivity (Wildman–Crippen MR) is 63.0 cm³/mol. The van der Waals surface area contributed by atoms with Crippen LogP contribution in [0.15, 0.2) is 28.4 Å². The van der Waals surface area contributed by atoms with Crippen LogP contribution in [0.5, 0.6) is 0 Å². The number of furan rings is 1. The van der Waals surface area contributed by atoms with Gasteiger partial charge >= 0.3 is 5.97 Å². The Morgan fingerprint density at radius 2 is 2.41 bits per heavy atom. The normalized spacial score (nSPS) is 10.9. The minimum absolute atomic E-state index is 0.136. The summed E-state index contributed by atoms with van der Waals surface area (Å²) in [5.74, 6) is -0.973. The predicted octanol–water partition coefficient (Wildman–Crippen LogP) is 2.07. The summed E-state index contributed by atoms with van der Waals surface area (Å²) < 4.78 is 4.98. The zero-order valence-electron chi connectivity index (χ0n) is 9.29. The molecule has 0 unspecified atom stereocenters. The van der Waals surface area contributed by atoms with Crippen molar-refractivity contribution in [1.29, 1.82) is 0 Å². The van der Waals surface area contributed by atoms with Crippen molar-refractivity contribution in [3.8, 4) is 0 Å². The molecule has 0 amide bonds. The van der Waals surface area contributed by atoms with E-state index < -0.39 is 5.97 Å². The summed E-state index contributed by atoms with van der Waals surface area (Å²) in [5, 5.41) is 10.7. The second kappa shape index (κ2) is 5.11. The molecule has 2 heterocycles. The average molecular weight is 252 g/mol. The van der Waals surface area contributed by atoms with Crippen LogP contribution in [-0.4, -0.2) is 28.0 Å². The first kappa shape index (κ1) is 11.8. The lowest BCUT2D eigenvalue weighted by atomic mass is 10.3. The van der Waals surface area contributed by atoms with Crippen molar-refractivity contribution in [1.82, 2.24) is 9.88 Å². The van der Waals surface area contributed by atoms with E-state index in [0.717, 1.165) is 29.1 Å². The van der Waals surface area contributed by atoms with Crippen LogP contribution < -0.4 is 0 Å². The van der Waals surface area contributed by atoms with Crippen molar-refractivity contribution >= 4 is 17.3 Å². The van der Waals surface area contributed by atoms with Crippen LogP contribution in [-0.2, 0) is 13.1 Å². The second-order valence-corrected chi connectivity index (χ2v) is 4.61. The van der Waals surface area contributed by atoms with E-state index in [0.29, 0.717) is 6.54 Å². The number of thiazole rings is 1. The third kappa shape index (κ3) is 3.15. The second-order valence-electron chi connectivity index (χ2n) is 3.75. The van der Waals surface area contributed by atoms with E-state index in [2.05, 4.69) is 4.98 Å². The van der Waals surface area contributed by atoms with Gasteiger partial charge in [0.2, 0.25) is 5.01 Å². The van der Waals surface area contributed by atoms with Crippen LogP contribution in [0.4, 0.5) is 0 Å². The summed E-state index contributed by atoms with van der Waals surface area (Å²) in [6, 6.07) is 1.90. The molecule has 2 aromatic rings. The summed E-state index contributed by atoms with van der Waals surface area (Å²) in [7, 11) is 1.95. The fraction of sp³-hybridized carbons (Fsp3) is 0.273. The molecule has 0 saturated heterocycles. The van der Waals surface area contributed by atoms with Crippen molar-refractivity contribution in [3.63, 3.8) is 0 Å². The Hall–Kier alpha value is -1.66. The molecule has 5 nitrogen and oxygen atoms in total. The maximum Gasteiger partial charge on any atom is 0.365 e. The van der Waals surface area contributed by atoms with Crippen LogP contribution >= 0.6 is 11.3 Å². The summed E-state index contributed by atoms with van der Waals surface area (Å²) in [5.41, 5.74) is 1.86. The van der Waals surface area contributed by atoms with Crippen molar-refractivity contribution in [2.75, 3.05) is 7.05 Å². The van der Waals surface area contributed by atoms with Gasteiger partial charge in [0.05, 0.1) is 18.2 Å². The minimum atomic E-state index is -0.973. The van der Waals surface area contributed by atoms with Crippen LogP contribution in [0, 0.1) is 0 Å². The van der Waals surface area contributed by atoms with Gasteiger partial charge in [0.1, 0.15) is 0 Å². The summed E-state index contributed by atoms with van der Waals surface area (Å²) in [4.78, 5) is 16.8. The number of aromatic carboxylic acids is 1. The van der Waals surface area contributed by atoms with Crippen LogP contribution in [0.25, 0.3) is 0 Å². The summed E-state index contributed by atoms with van der Waals surface area (Å²) in [6.07, 6.45) is 3.33. The van der Waals surface area contributed by atoms with Gasteiger partial charge in [-0.2, -0.15) is 0 Å². The van der Waals surface area contributed by atoms with Gasteiger partial charge in [-0.1, -0.05) is 0 Å². The molecule has 0 aliphatic carbocycles. The quantitative estimate of drug-likeness (QED) is 0.882. The maximum absolute atomic E-state index is 10.7. The molecule has 0 radical (unpaired) electrons. The Morgan fingerprint density at radius 1 is 1.59 bits per heavy atom. The zero-order valence-corrected chi connectivity index (χ0v) is 10.1. The highest BCUT2D eigenvalue weighted by atomic mass is 32.1. The van der Waals surface area contributed by atoms with Gasteiger partial charge in [-0.3, -0.25) is 4.90 Å². The smallest absolute Gasteiger partial charge is 0.365 e. The number of carboxylic acid groups (broad SMARTS) is 1. The molecular weight excluding hydrogens is 240 g/mol. The van der Waals surface area contributed by atoms with Crippen LogP contribution in [0.3, 0.4) is 0 Å². The summed E-state index contributed by atoms with van der Waals surface area (Å²) in [6.45, 7) is 1.37.